The van der Waals surface area contributed by atoms with Crippen molar-refractivity contribution in [1.29, 1.82) is 0 Å². The van der Waals surface area contributed by atoms with Gasteiger partial charge >= 0.3 is 29.6 Å². The van der Waals surface area contributed by atoms with Crippen LogP contribution in [0.3, 0.4) is 0 Å². The van der Waals surface area contributed by atoms with E-state index < -0.39 is 22.0 Å². The summed E-state index contributed by atoms with van der Waals surface area (Å²) in [4.78, 5) is 0. The van der Waals surface area contributed by atoms with E-state index in [0.29, 0.717) is 0 Å². The second-order valence-corrected chi connectivity index (χ2v) is 3.05. The van der Waals surface area contributed by atoms with Gasteiger partial charge in [-0.2, -0.15) is 8.42 Å². The van der Waals surface area contributed by atoms with Crippen molar-refractivity contribution in [1.82, 2.24) is 0 Å². The van der Waals surface area contributed by atoms with Gasteiger partial charge in [0.25, 0.3) is 10.1 Å². The third kappa shape index (κ3) is 8.61. The standard InChI is InChI=1S/C4H8O4S.Na.H/c1-2-4(5)3-9(6,7)8;;/h2,4-5H,1,3H2,(H,6,7,8);;/q;+1;-1. The fourth-order valence-corrected chi connectivity index (χ4v) is 0.852. The Kier molecular flexibility index (Phi) is 6.99. The molecule has 0 aromatic rings. The molecule has 0 radical (unpaired) electrons. The predicted molar refractivity (Wildman–Crippen MR) is 33.7 cm³/mol. The molecule has 0 spiro atoms. The zero-order valence-corrected chi connectivity index (χ0v) is 8.50. The molecule has 1 atom stereocenters. The minimum absolute atomic E-state index is 0. The molecule has 0 bridgehead atoms. The van der Waals surface area contributed by atoms with Crippen LogP contribution in [-0.4, -0.2) is 29.9 Å². The van der Waals surface area contributed by atoms with Crippen LogP contribution >= 0.6 is 0 Å². The van der Waals surface area contributed by atoms with Gasteiger partial charge < -0.3 is 6.53 Å². The van der Waals surface area contributed by atoms with Crippen molar-refractivity contribution in [2.45, 2.75) is 6.10 Å². The average Bonchev–Trinajstić information content (AvgIpc) is 1.62. The van der Waals surface area contributed by atoms with Crippen LogP contribution in [0.5, 0.6) is 0 Å². The van der Waals surface area contributed by atoms with Gasteiger partial charge in [0.15, 0.2) is 0 Å². The van der Waals surface area contributed by atoms with Crippen LogP contribution in [0.15, 0.2) is 12.7 Å². The first-order chi connectivity index (χ1) is 3.95. The van der Waals surface area contributed by atoms with E-state index in [0.717, 1.165) is 6.08 Å². The molecule has 0 saturated carbocycles. The molecule has 0 heterocycles. The molecule has 0 amide bonds. The summed E-state index contributed by atoms with van der Waals surface area (Å²) in [7, 11) is -4.06. The Hall–Kier alpha value is 0.610. The largest absolute Gasteiger partial charge is 1.00 e. The SMILES string of the molecule is C=CC(O)CS(=O)(=O)O.[H-].[Na+]. The number of hydrogen-bond acceptors (Lipinski definition) is 3. The van der Waals surface area contributed by atoms with E-state index in [4.69, 9.17) is 9.66 Å². The monoisotopic (exact) mass is 176 g/mol. The van der Waals surface area contributed by atoms with Crippen molar-refractivity contribution in [3.05, 3.63) is 12.7 Å². The maximum absolute atomic E-state index is 9.95. The van der Waals surface area contributed by atoms with Gasteiger partial charge in [-0.05, 0) is 0 Å². The predicted octanol–water partition coefficient (Wildman–Crippen LogP) is -3.46. The van der Waals surface area contributed by atoms with E-state index in [1.165, 1.54) is 0 Å². The van der Waals surface area contributed by atoms with E-state index in [-0.39, 0.29) is 31.0 Å². The molecule has 0 aromatic carbocycles. The summed E-state index contributed by atoms with van der Waals surface area (Å²) in [6, 6.07) is 0. The fraction of sp³-hybridized carbons (Fsp3) is 0.500. The van der Waals surface area contributed by atoms with E-state index in [1.54, 1.807) is 0 Å². The third-order valence-corrected chi connectivity index (χ3v) is 1.42. The molecule has 0 aromatic heterocycles. The molecule has 1 unspecified atom stereocenters. The van der Waals surface area contributed by atoms with Crippen LogP contribution in [0.25, 0.3) is 0 Å². The molecule has 0 aliphatic carbocycles. The Morgan fingerprint density at radius 3 is 2.20 bits per heavy atom. The Balaban J connectivity index is -0.000000320. The van der Waals surface area contributed by atoms with Crippen molar-refractivity contribution >= 4 is 10.1 Å². The van der Waals surface area contributed by atoms with Crippen molar-refractivity contribution in [3.8, 4) is 0 Å². The van der Waals surface area contributed by atoms with Gasteiger partial charge in [0.2, 0.25) is 0 Å². The fourth-order valence-electron chi connectivity index (χ4n) is 0.284. The topological polar surface area (TPSA) is 74.6 Å². The summed E-state index contributed by atoms with van der Waals surface area (Å²) in [6.07, 6.45) is -0.145. The van der Waals surface area contributed by atoms with Crippen molar-refractivity contribution < 1.29 is 49.1 Å². The molecule has 0 aliphatic heterocycles. The Labute approximate surface area is 83.5 Å². The average molecular weight is 176 g/mol. The number of aliphatic hydroxyl groups is 1. The van der Waals surface area contributed by atoms with Crippen molar-refractivity contribution in [2.24, 2.45) is 0 Å². The first kappa shape index (κ1) is 13.2. The van der Waals surface area contributed by atoms with Crippen LogP contribution < -0.4 is 29.6 Å². The minimum Gasteiger partial charge on any atom is -1.00 e. The third-order valence-electron chi connectivity index (χ3n) is 0.653. The molecular formula is C4H9NaO4S. The number of rotatable bonds is 3. The molecular weight excluding hydrogens is 167 g/mol. The van der Waals surface area contributed by atoms with Gasteiger partial charge in [-0.3, -0.25) is 4.55 Å². The smallest absolute Gasteiger partial charge is 1.00 e. The summed E-state index contributed by atoms with van der Waals surface area (Å²) in [5, 5.41) is 8.54. The molecule has 0 fully saturated rings. The van der Waals surface area contributed by atoms with E-state index in [9.17, 15) is 8.42 Å². The molecule has 0 rings (SSSR count). The maximum Gasteiger partial charge on any atom is 1.00 e. The second-order valence-electron chi connectivity index (χ2n) is 1.55. The Morgan fingerprint density at radius 2 is 2.10 bits per heavy atom. The number of hydrogen-bond donors (Lipinski definition) is 2. The van der Waals surface area contributed by atoms with Crippen LogP contribution in [0, 0.1) is 0 Å². The zero-order valence-electron chi connectivity index (χ0n) is 6.69. The van der Waals surface area contributed by atoms with Crippen LogP contribution in [0.4, 0.5) is 0 Å². The molecule has 0 aliphatic rings. The first-order valence-corrected chi connectivity index (χ1v) is 3.82. The van der Waals surface area contributed by atoms with Crippen molar-refractivity contribution in [2.75, 3.05) is 5.75 Å². The Morgan fingerprint density at radius 1 is 1.70 bits per heavy atom. The minimum atomic E-state index is -4.06. The van der Waals surface area contributed by atoms with Gasteiger partial charge in [0.1, 0.15) is 5.75 Å². The van der Waals surface area contributed by atoms with Crippen LogP contribution in [0.1, 0.15) is 1.43 Å². The maximum atomic E-state index is 9.95. The van der Waals surface area contributed by atoms with E-state index in [2.05, 4.69) is 6.58 Å². The summed E-state index contributed by atoms with van der Waals surface area (Å²) < 4.78 is 28.0. The Bertz CT molecular complexity index is 190. The number of aliphatic hydroxyl groups excluding tert-OH is 1. The molecule has 56 valence electrons. The summed E-state index contributed by atoms with van der Waals surface area (Å²) in [6.45, 7) is 3.12. The van der Waals surface area contributed by atoms with Gasteiger partial charge in [-0.25, -0.2) is 0 Å². The molecule has 4 nitrogen and oxygen atoms in total. The first-order valence-electron chi connectivity index (χ1n) is 2.21. The summed E-state index contributed by atoms with van der Waals surface area (Å²) >= 11 is 0. The van der Waals surface area contributed by atoms with Gasteiger partial charge in [-0.15, -0.1) is 6.58 Å². The zero-order chi connectivity index (χ0) is 7.49. The van der Waals surface area contributed by atoms with Crippen LogP contribution in [0.2, 0.25) is 0 Å². The van der Waals surface area contributed by atoms with Crippen molar-refractivity contribution in [3.63, 3.8) is 0 Å². The van der Waals surface area contributed by atoms with Gasteiger partial charge in [0, 0.05) is 0 Å². The molecule has 6 heteroatoms. The van der Waals surface area contributed by atoms with Gasteiger partial charge in [-0.1, -0.05) is 6.08 Å². The molecule has 10 heavy (non-hydrogen) atoms. The molecule has 2 N–H and O–H groups in total. The second kappa shape index (κ2) is 5.29. The summed E-state index contributed by atoms with van der Waals surface area (Å²) in [5.41, 5.74) is 0. The van der Waals surface area contributed by atoms with Crippen LogP contribution in [-0.2, 0) is 10.1 Å². The van der Waals surface area contributed by atoms with Gasteiger partial charge in [0.05, 0.1) is 6.10 Å². The molecule has 0 saturated heterocycles. The van der Waals surface area contributed by atoms with E-state index >= 15 is 0 Å². The quantitative estimate of drug-likeness (QED) is 0.266. The normalized spacial score (nSPS) is 13.4. The summed E-state index contributed by atoms with van der Waals surface area (Å²) in [5.74, 6) is -0.684. The van der Waals surface area contributed by atoms with E-state index in [1.807, 2.05) is 0 Å².